The number of ether oxygens (including phenoxy) is 2. The summed E-state index contributed by atoms with van der Waals surface area (Å²) >= 11 is 0. The maximum Gasteiger partial charge on any atom is 0.335 e. The molecule has 2 N–H and O–H groups in total. The number of amides is 1. The number of nitrogens with one attached hydrogen (secondary N) is 1. The second kappa shape index (κ2) is 9.27. The number of rotatable bonds is 6. The Morgan fingerprint density at radius 2 is 1.67 bits per heavy atom. The molecular formula is C25H20N2O6. The fourth-order valence-electron chi connectivity index (χ4n) is 3.20. The van der Waals surface area contributed by atoms with Crippen molar-refractivity contribution in [2.24, 2.45) is 4.99 Å². The van der Waals surface area contributed by atoms with Crippen molar-refractivity contribution in [1.29, 1.82) is 0 Å². The van der Waals surface area contributed by atoms with Crippen LogP contribution in [-0.4, -0.2) is 31.2 Å². The van der Waals surface area contributed by atoms with Crippen LogP contribution in [-0.2, 0) is 0 Å². The van der Waals surface area contributed by atoms with Gasteiger partial charge in [-0.25, -0.2) is 9.79 Å². The van der Waals surface area contributed by atoms with Crippen molar-refractivity contribution in [1.82, 2.24) is 0 Å². The molecule has 166 valence electrons. The summed E-state index contributed by atoms with van der Waals surface area (Å²) in [4.78, 5) is 28.7. The molecule has 0 fully saturated rings. The molecule has 4 aromatic rings. The number of carbonyl (C=O) groups excluding carboxylic acids is 1. The minimum Gasteiger partial charge on any atom is -0.497 e. The van der Waals surface area contributed by atoms with Gasteiger partial charge in [0.1, 0.15) is 11.3 Å². The predicted molar refractivity (Wildman–Crippen MR) is 122 cm³/mol. The highest BCUT2D eigenvalue weighted by Gasteiger charge is 2.15. The third-order valence-electron chi connectivity index (χ3n) is 4.90. The van der Waals surface area contributed by atoms with Gasteiger partial charge in [0.15, 0.2) is 11.3 Å². The van der Waals surface area contributed by atoms with Gasteiger partial charge in [0.2, 0.25) is 5.55 Å². The first-order valence-corrected chi connectivity index (χ1v) is 9.93. The van der Waals surface area contributed by atoms with E-state index in [1.54, 1.807) is 55.6 Å². The van der Waals surface area contributed by atoms with E-state index in [2.05, 4.69) is 10.3 Å². The van der Waals surface area contributed by atoms with E-state index in [0.29, 0.717) is 33.8 Å². The Labute approximate surface area is 188 Å². The number of methoxy groups -OCH3 is 2. The molecule has 0 bridgehead atoms. The van der Waals surface area contributed by atoms with Gasteiger partial charge in [0.05, 0.1) is 25.5 Å². The summed E-state index contributed by atoms with van der Waals surface area (Å²) in [6.07, 6.45) is 0. The van der Waals surface area contributed by atoms with Crippen LogP contribution >= 0.6 is 0 Å². The number of carboxylic acid groups (broad SMARTS) is 1. The first-order valence-electron chi connectivity index (χ1n) is 9.93. The van der Waals surface area contributed by atoms with Gasteiger partial charge < -0.3 is 24.3 Å². The quantitative estimate of drug-likeness (QED) is 0.449. The number of para-hydroxylation sites is 1. The third-order valence-corrected chi connectivity index (χ3v) is 4.90. The van der Waals surface area contributed by atoms with E-state index in [0.717, 1.165) is 0 Å². The average molecular weight is 444 g/mol. The molecule has 33 heavy (non-hydrogen) atoms. The maximum absolute atomic E-state index is 13.1. The van der Waals surface area contributed by atoms with Gasteiger partial charge in [-0.1, -0.05) is 12.1 Å². The molecule has 0 aliphatic carbocycles. The van der Waals surface area contributed by atoms with Crippen molar-refractivity contribution >= 4 is 34.2 Å². The molecule has 0 aliphatic rings. The van der Waals surface area contributed by atoms with Gasteiger partial charge in [0, 0.05) is 11.1 Å². The number of anilines is 1. The molecule has 1 heterocycles. The van der Waals surface area contributed by atoms with Crippen molar-refractivity contribution in [3.8, 4) is 11.5 Å². The number of aromatic carboxylic acids is 1. The van der Waals surface area contributed by atoms with E-state index in [1.807, 2.05) is 0 Å². The van der Waals surface area contributed by atoms with Crippen molar-refractivity contribution in [3.63, 3.8) is 0 Å². The first-order chi connectivity index (χ1) is 16.0. The van der Waals surface area contributed by atoms with Gasteiger partial charge in [-0.05, 0) is 60.7 Å². The molecule has 1 aromatic heterocycles. The van der Waals surface area contributed by atoms with Crippen LogP contribution < -0.4 is 20.3 Å². The molecule has 8 heteroatoms. The lowest BCUT2D eigenvalue weighted by molar-refractivity contribution is 0.0696. The predicted octanol–water partition coefficient (Wildman–Crippen LogP) is 4.63. The van der Waals surface area contributed by atoms with Crippen LogP contribution in [0.5, 0.6) is 11.5 Å². The van der Waals surface area contributed by atoms with Crippen LogP contribution in [0.4, 0.5) is 11.4 Å². The minimum atomic E-state index is -1.04. The second-order valence-electron chi connectivity index (χ2n) is 6.99. The molecule has 0 saturated heterocycles. The summed E-state index contributed by atoms with van der Waals surface area (Å²) < 4.78 is 16.5. The minimum absolute atomic E-state index is 0.0566. The number of nitrogens with zero attached hydrogens (tertiary/aromatic N) is 1. The smallest absolute Gasteiger partial charge is 0.335 e. The molecule has 0 spiro atoms. The summed E-state index contributed by atoms with van der Waals surface area (Å²) in [5.41, 5.74) is 1.82. The van der Waals surface area contributed by atoms with Crippen LogP contribution in [0.2, 0.25) is 0 Å². The number of benzene rings is 3. The molecule has 8 nitrogen and oxygen atoms in total. The average Bonchev–Trinajstić information content (AvgIpc) is 2.84. The highest BCUT2D eigenvalue weighted by Crippen LogP contribution is 2.25. The Hall–Kier alpha value is -4.59. The Morgan fingerprint density at radius 3 is 2.30 bits per heavy atom. The molecule has 0 radical (unpaired) electrons. The van der Waals surface area contributed by atoms with Crippen LogP contribution in [0.25, 0.3) is 11.0 Å². The summed E-state index contributed by atoms with van der Waals surface area (Å²) in [6.45, 7) is 0. The third kappa shape index (κ3) is 4.69. The summed E-state index contributed by atoms with van der Waals surface area (Å²) in [5.74, 6) is -0.302. The topological polar surface area (TPSA) is 110 Å². The van der Waals surface area contributed by atoms with Crippen molar-refractivity contribution in [2.45, 2.75) is 0 Å². The summed E-state index contributed by atoms with van der Waals surface area (Å²) in [5, 5.41) is 12.6. The van der Waals surface area contributed by atoms with Gasteiger partial charge in [-0.3, -0.25) is 4.79 Å². The summed E-state index contributed by atoms with van der Waals surface area (Å²) in [6, 6.07) is 19.9. The number of hydrogen-bond donors (Lipinski definition) is 2. The fraction of sp³-hybridized carbons (Fsp3) is 0.0800. The van der Waals surface area contributed by atoms with E-state index in [9.17, 15) is 9.59 Å². The molecular weight excluding hydrogens is 424 g/mol. The number of carbonyl (C=O) groups is 2. The lowest BCUT2D eigenvalue weighted by Gasteiger charge is -2.09. The molecule has 0 atom stereocenters. The van der Waals surface area contributed by atoms with Gasteiger partial charge in [-0.2, -0.15) is 0 Å². The molecule has 0 aliphatic heterocycles. The van der Waals surface area contributed by atoms with Crippen molar-refractivity contribution in [2.75, 3.05) is 19.5 Å². The van der Waals surface area contributed by atoms with Crippen molar-refractivity contribution < 1.29 is 28.6 Å². The van der Waals surface area contributed by atoms with E-state index in [4.69, 9.17) is 19.0 Å². The number of carboxylic acids is 1. The standard InChI is InChI=1S/C25H20N2O6/c1-31-19-12-10-17(11-13-19)26-23(28)20-14-16-4-3-5-21(32-2)22(16)33-24(20)27-18-8-6-15(7-9-18)25(29)30/h3-14H,1-2H3,(H,26,28)(H,29,30). The molecule has 0 saturated carbocycles. The lowest BCUT2D eigenvalue weighted by Crippen LogP contribution is -2.21. The van der Waals surface area contributed by atoms with Crippen LogP contribution in [0, 0.1) is 0 Å². The van der Waals surface area contributed by atoms with Gasteiger partial charge in [-0.15, -0.1) is 0 Å². The molecule has 3 aromatic carbocycles. The maximum atomic E-state index is 13.1. The molecule has 1 amide bonds. The largest absolute Gasteiger partial charge is 0.497 e. The number of hydrogen-bond acceptors (Lipinski definition) is 6. The Bertz CT molecular complexity index is 1390. The fourth-order valence-corrected chi connectivity index (χ4v) is 3.20. The highest BCUT2D eigenvalue weighted by molar-refractivity contribution is 6.05. The highest BCUT2D eigenvalue weighted by atomic mass is 16.5. The van der Waals surface area contributed by atoms with Crippen LogP contribution in [0.1, 0.15) is 20.7 Å². The Kier molecular flexibility index (Phi) is 6.08. The lowest BCUT2D eigenvalue weighted by atomic mass is 10.1. The van der Waals surface area contributed by atoms with E-state index >= 15 is 0 Å². The first kappa shape index (κ1) is 21.6. The molecule has 4 rings (SSSR count). The Balaban J connectivity index is 1.82. The van der Waals surface area contributed by atoms with Gasteiger partial charge in [0.25, 0.3) is 5.91 Å². The SMILES string of the molecule is COc1ccc(NC(=O)c2cc3cccc(OC)c3oc2=Nc2ccc(C(=O)O)cc2)cc1. The van der Waals surface area contributed by atoms with E-state index in [1.165, 1.54) is 31.4 Å². The monoisotopic (exact) mass is 444 g/mol. The van der Waals surface area contributed by atoms with E-state index in [-0.39, 0.29) is 16.7 Å². The Morgan fingerprint density at radius 1 is 0.939 bits per heavy atom. The zero-order valence-corrected chi connectivity index (χ0v) is 17.9. The second-order valence-corrected chi connectivity index (χ2v) is 6.99. The summed E-state index contributed by atoms with van der Waals surface area (Å²) in [7, 11) is 3.09. The zero-order chi connectivity index (χ0) is 23.4. The molecule has 0 unspecified atom stereocenters. The number of fused-ring (bicyclic) bond motifs is 1. The van der Waals surface area contributed by atoms with Crippen LogP contribution in [0.3, 0.4) is 0 Å². The van der Waals surface area contributed by atoms with Gasteiger partial charge >= 0.3 is 5.97 Å². The zero-order valence-electron chi connectivity index (χ0n) is 17.9. The van der Waals surface area contributed by atoms with Crippen LogP contribution in [0.15, 0.2) is 82.2 Å². The normalized spacial score (nSPS) is 11.3. The van der Waals surface area contributed by atoms with E-state index < -0.39 is 11.9 Å². The van der Waals surface area contributed by atoms with Crippen molar-refractivity contribution in [3.05, 3.63) is 89.5 Å².